The van der Waals surface area contributed by atoms with Gasteiger partial charge in [0.2, 0.25) is 11.8 Å². The molecule has 5 heteroatoms. The zero-order chi connectivity index (χ0) is 20.0. The molecule has 0 spiro atoms. The fraction of sp³-hybridized carbons (Fsp3) is 0.364. The Balaban J connectivity index is 1.94. The molecule has 0 bridgehead atoms. The van der Waals surface area contributed by atoms with E-state index in [0.717, 1.165) is 28.1 Å². The molecule has 0 radical (unpaired) electrons. The number of anilines is 1. The summed E-state index contributed by atoms with van der Waals surface area (Å²) in [6.07, 6.45) is 0.685. The SMILES string of the molecule is COc1ccc(CCNC(=O)C(C)(C)C(=O)Nc2c(C)cccc2C)cc1. The number of methoxy groups -OCH3 is 1. The van der Waals surface area contributed by atoms with Crippen LogP contribution in [0, 0.1) is 19.3 Å². The van der Waals surface area contributed by atoms with E-state index in [4.69, 9.17) is 4.74 Å². The van der Waals surface area contributed by atoms with Gasteiger partial charge in [-0.25, -0.2) is 0 Å². The van der Waals surface area contributed by atoms with Gasteiger partial charge in [-0.15, -0.1) is 0 Å². The highest BCUT2D eigenvalue weighted by Crippen LogP contribution is 2.24. The number of carbonyl (C=O) groups excluding carboxylic acids is 2. The van der Waals surface area contributed by atoms with E-state index in [0.29, 0.717) is 13.0 Å². The van der Waals surface area contributed by atoms with Crippen LogP contribution in [0.1, 0.15) is 30.5 Å². The van der Waals surface area contributed by atoms with Gasteiger partial charge in [0.15, 0.2) is 0 Å². The average molecular weight is 368 g/mol. The molecule has 0 atom stereocenters. The molecule has 2 amide bonds. The summed E-state index contributed by atoms with van der Waals surface area (Å²) in [5.74, 6) is 0.189. The second-order valence-corrected chi connectivity index (χ2v) is 7.20. The number of hydrogen-bond donors (Lipinski definition) is 2. The van der Waals surface area contributed by atoms with Gasteiger partial charge < -0.3 is 15.4 Å². The second kappa shape index (κ2) is 8.71. The Kier molecular flexibility index (Phi) is 6.61. The van der Waals surface area contributed by atoms with Crippen LogP contribution in [-0.4, -0.2) is 25.5 Å². The van der Waals surface area contributed by atoms with Gasteiger partial charge in [-0.1, -0.05) is 30.3 Å². The number of benzene rings is 2. The number of rotatable bonds is 7. The molecule has 0 heterocycles. The minimum atomic E-state index is -1.17. The van der Waals surface area contributed by atoms with Gasteiger partial charge >= 0.3 is 0 Å². The third-order valence-electron chi connectivity index (χ3n) is 4.71. The predicted molar refractivity (Wildman–Crippen MR) is 108 cm³/mol. The summed E-state index contributed by atoms with van der Waals surface area (Å²) in [6, 6.07) is 13.5. The largest absolute Gasteiger partial charge is 0.497 e. The highest BCUT2D eigenvalue weighted by atomic mass is 16.5. The topological polar surface area (TPSA) is 67.4 Å². The van der Waals surface area contributed by atoms with Crippen LogP contribution in [0.25, 0.3) is 0 Å². The molecule has 27 heavy (non-hydrogen) atoms. The Labute approximate surface area is 161 Å². The first-order valence-corrected chi connectivity index (χ1v) is 9.04. The zero-order valence-corrected chi connectivity index (χ0v) is 16.7. The lowest BCUT2D eigenvalue weighted by Crippen LogP contribution is -2.45. The molecule has 2 rings (SSSR count). The van der Waals surface area contributed by atoms with Crippen molar-refractivity contribution in [3.05, 3.63) is 59.2 Å². The maximum absolute atomic E-state index is 12.7. The third-order valence-corrected chi connectivity index (χ3v) is 4.71. The van der Waals surface area contributed by atoms with E-state index in [1.54, 1.807) is 21.0 Å². The molecule has 0 aliphatic carbocycles. The molecule has 144 valence electrons. The van der Waals surface area contributed by atoms with E-state index in [9.17, 15) is 9.59 Å². The average Bonchev–Trinajstić information content (AvgIpc) is 2.65. The highest BCUT2D eigenvalue weighted by molar-refractivity contribution is 6.10. The summed E-state index contributed by atoms with van der Waals surface area (Å²) in [5.41, 5.74) is 2.63. The van der Waals surface area contributed by atoms with Gasteiger partial charge in [0.1, 0.15) is 11.2 Å². The number of aryl methyl sites for hydroxylation is 2. The molecule has 2 N–H and O–H groups in total. The molecule has 0 unspecified atom stereocenters. The zero-order valence-electron chi connectivity index (χ0n) is 16.7. The molecular weight excluding hydrogens is 340 g/mol. The van der Waals surface area contributed by atoms with Crippen molar-refractivity contribution in [3.63, 3.8) is 0 Å². The van der Waals surface area contributed by atoms with Crippen molar-refractivity contribution >= 4 is 17.5 Å². The Morgan fingerprint density at radius 2 is 1.56 bits per heavy atom. The van der Waals surface area contributed by atoms with Gasteiger partial charge in [0.05, 0.1) is 7.11 Å². The van der Waals surface area contributed by atoms with Crippen molar-refractivity contribution in [2.45, 2.75) is 34.1 Å². The number of nitrogens with one attached hydrogen (secondary N) is 2. The normalized spacial score (nSPS) is 11.0. The van der Waals surface area contributed by atoms with Crippen LogP contribution in [0.4, 0.5) is 5.69 Å². The lowest BCUT2D eigenvalue weighted by molar-refractivity contribution is -0.138. The van der Waals surface area contributed by atoms with Gasteiger partial charge in [-0.2, -0.15) is 0 Å². The lowest BCUT2D eigenvalue weighted by Gasteiger charge is -2.24. The molecular formula is C22H28N2O3. The molecule has 2 aromatic rings. The quantitative estimate of drug-likeness (QED) is 0.733. The number of hydrogen-bond acceptors (Lipinski definition) is 3. The summed E-state index contributed by atoms with van der Waals surface area (Å²) in [4.78, 5) is 25.3. The smallest absolute Gasteiger partial charge is 0.239 e. The molecule has 0 aliphatic rings. The molecule has 0 aromatic heterocycles. The standard InChI is InChI=1S/C22H28N2O3/c1-15-7-6-8-16(2)19(15)24-21(26)22(3,4)20(25)23-14-13-17-9-11-18(27-5)12-10-17/h6-12H,13-14H2,1-5H3,(H,23,25)(H,24,26). The molecule has 0 saturated heterocycles. The Morgan fingerprint density at radius 1 is 0.963 bits per heavy atom. The monoisotopic (exact) mass is 368 g/mol. The van der Waals surface area contributed by atoms with E-state index in [2.05, 4.69) is 10.6 Å². The molecule has 0 aliphatic heterocycles. The van der Waals surface area contributed by atoms with E-state index in [1.807, 2.05) is 56.3 Å². The van der Waals surface area contributed by atoms with Crippen LogP contribution in [-0.2, 0) is 16.0 Å². The van der Waals surface area contributed by atoms with Crippen molar-refractivity contribution in [1.82, 2.24) is 5.32 Å². The third kappa shape index (κ3) is 5.09. The summed E-state index contributed by atoms with van der Waals surface area (Å²) in [5, 5.41) is 5.77. The van der Waals surface area contributed by atoms with Crippen LogP contribution in [0.5, 0.6) is 5.75 Å². The molecule has 0 saturated carbocycles. The molecule has 0 fully saturated rings. The number of ether oxygens (including phenoxy) is 1. The minimum Gasteiger partial charge on any atom is -0.497 e. The Bertz CT molecular complexity index is 791. The van der Waals surface area contributed by atoms with Crippen molar-refractivity contribution in [3.8, 4) is 5.75 Å². The first-order valence-electron chi connectivity index (χ1n) is 9.04. The lowest BCUT2D eigenvalue weighted by atomic mass is 9.90. The summed E-state index contributed by atoms with van der Waals surface area (Å²) < 4.78 is 5.13. The number of para-hydroxylation sites is 1. The van der Waals surface area contributed by atoms with Crippen molar-refractivity contribution in [2.75, 3.05) is 19.0 Å². The fourth-order valence-electron chi connectivity index (χ4n) is 2.72. The fourth-order valence-corrected chi connectivity index (χ4v) is 2.72. The van der Waals surface area contributed by atoms with Crippen LogP contribution >= 0.6 is 0 Å². The minimum absolute atomic E-state index is 0.292. The Hall–Kier alpha value is -2.82. The van der Waals surface area contributed by atoms with Gasteiger partial charge in [-0.3, -0.25) is 9.59 Å². The van der Waals surface area contributed by atoms with Crippen LogP contribution in [0.3, 0.4) is 0 Å². The first kappa shape index (κ1) is 20.5. The summed E-state index contributed by atoms with van der Waals surface area (Å²) >= 11 is 0. The highest BCUT2D eigenvalue weighted by Gasteiger charge is 2.36. The second-order valence-electron chi connectivity index (χ2n) is 7.20. The van der Waals surface area contributed by atoms with E-state index >= 15 is 0 Å². The predicted octanol–water partition coefficient (Wildman–Crippen LogP) is 3.64. The van der Waals surface area contributed by atoms with Gasteiger partial charge in [-0.05, 0) is 62.9 Å². The van der Waals surface area contributed by atoms with E-state index in [1.165, 1.54) is 0 Å². The van der Waals surface area contributed by atoms with E-state index < -0.39 is 5.41 Å². The van der Waals surface area contributed by atoms with Crippen LogP contribution in [0.15, 0.2) is 42.5 Å². The number of amides is 2. The van der Waals surface area contributed by atoms with Crippen LogP contribution < -0.4 is 15.4 Å². The van der Waals surface area contributed by atoms with Crippen molar-refractivity contribution in [2.24, 2.45) is 5.41 Å². The van der Waals surface area contributed by atoms with Gasteiger partial charge in [0, 0.05) is 12.2 Å². The summed E-state index contributed by atoms with van der Waals surface area (Å²) in [6.45, 7) is 7.61. The van der Waals surface area contributed by atoms with E-state index in [-0.39, 0.29) is 11.8 Å². The molecule has 5 nitrogen and oxygen atoms in total. The summed E-state index contributed by atoms with van der Waals surface area (Å²) in [7, 11) is 1.63. The van der Waals surface area contributed by atoms with Crippen molar-refractivity contribution in [1.29, 1.82) is 0 Å². The maximum atomic E-state index is 12.7. The van der Waals surface area contributed by atoms with Crippen molar-refractivity contribution < 1.29 is 14.3 Å². The Morgan fingerprint density at radius 3 is 2.11 bits per heavy atom. The molecule has 2 aromatic carbocycles. The number of carbonyl (C=O) groups is 2. The first-order chi connectivity index (χ1) is 12.8. The maximum Gasteiger partial charge on any atom is 0.239 e. The van der Waals surface area contributed by atoms with Crippen LogP contribution in [0.2, 0.25) is 0 Å². The van der Waals surface area contributed by atoms with Gasteiger partial charge in [0.25, 0.3) is 0 Å².